The molecule has 2 aromatic heterocycles. The van der Waals surface area contributed by atoms with Crippen LogP contribution in [0.15, 0.2) is 61.2 Å². The number of rotatable bonds is 6. The van der Waals surface area contributed by atoms with Gasteiger partial charge in [-0.25, -0.2) is 9.97 Å². The van der Waals surface area contributed by atoms with Crippen LogP contribution in [0.4, 0.5) is 5.69 Å². The highest BCUT2D eigenvalue weighted by Gasteiger charge is 2.29. The summed E-state index contributed by atoms with van der Waals surface area (Å²) in [5.41, 5.74) is 2.38. The van der Waals surface area contributed by atoms with Crippen molar-refractivity contribution in [2.24, 2.45) is 5.92 Å². The maximum Gasteiger partial charge on any atom is 0.274 e. The molecule has 1 saturated heterocycles. The molecule has 8 heteroatoms. The maximum atomic E-state index is 12.9. The van der Waals surface area contributed by atoms with Gasteiger partial charge in [0.1, 0.15) is 17.8 Å². The average molecular weight is 431 g/mol. The van der Waals surface area contributed by atoms with Crippen LogP contribution in [0, 0.1) is 5.92 Å². The Kier molecular flexibility index (Phi) is 5.68. The van der Waals surface area contributed by atoms with Crippen LogP contribution in [0.1, 0.15) is 28.9 Å². The quantitative estimate of drug-likeness (QED) is 0.650. The molecule has 164 valence electrons. The molecule has 1 N–H and O–H groups in total. The van der Waals surface area contributed by atoms with Gasteiger partial charge < -0.3 is 10.2 Å². The van der Waals surface area contributed by atoms with Crippen molar-refractivity contribution in [2.75, 3.05) is 31.5 Å². The summed E-state index contributed by atoms with van der Waals surface area (Å²) >= 11 is 0. The molecule has 1 aliphatic carbocycles. The average Bonchev–Trinajstić information content (AvgIpc) is 3.57. The predicted molar refractivity (Wildman–Crippen MR) is 120 cm³/mol. The molecular formula is C24H26N6O2. The Bertz CT molecular complexity index is 1080. The molecular weight excluding hydrogens is 404 g/mol. The number of benzene rings is 1. The molecule has 5 rings (SSSR count). The summed E-state index contributed by atoms with van der Waals surface area (Å²) in [6.07, 6.45) is 6.87. The van der Waals surface area contributed by atoms with Crippen LogP contribution < -0.4 is 5.32 Å². The summed E-state index contributed by atoms with van der Waals surface area (Å²) in [6.45, 7) is 3.96. The number of carbonyl (C=O) groups is 2. The van der Waals surface area contributed by atoms with Crippen LogP contribution in [0.5, 0.6) is 0 Å². The fourth-order valence-electron chi connectivity index (χ4n) is 3.87. The molecule has 2 fully saturated rings. The Morgan fingerprint density at radius 1 is 0.969 bits per heavy atom. The van der Waals surface area contributed by atoms with Crippen molar-refractivity contribution in [3.05, 3.63) is 72.4 Å². The second-order valence-corrected chi connectivity index (χ2v) is 8.39. The Balaban J connectivity index is 1.16. The van der Waals surface area contributed by atoms with Crippen LogP contribution in [0.25, 0.3) is 5.82 Å². The lowest BCUT2D eigenvalue weighted by Crippen LogP contribution is -2.48. The van der Waals surface area contributed by atoms with Gasteiger partial charge in [0.25, 0.3) is 5.91 Å². The highest BCUT2D eigenvalue weighted by molar-refractivity contribution is 5.94. The van der Waals surface area contributed by atoms with Gasteiger partial charge in [0.05, 0.1) is 11.9 Å². The minimum atomic E-state index is -0.0589. The first-order chi connectivity index (χ1) is 15.7. The molecule has 1 aliphatic heterocycles. The summed E-state index contributed by atoms with van der Waals surface area (Å²) in [5, 5.41) is 2.88. The maximum absolute atomic E-state index is 12.9. The highest BCUT2D eigenvalue weighted by Crippen LogP contribution is 2.30. The van der Waals surface area contributed by atoms with E-state index in [0.29, 0.717) is 30.3 Å². The predicted octanol–water partition coefficient (Wildman–Crippen LogP) is 2.57. The highest BCUT2D eigenvalue weighted by atomic mass is 16.2. The second kappa shape index (κ2) is 8.92. The molecule has 3 aromatic rings. The molecule has 1 aromatic carbocycles. The van der Waals surface area contributed by atoms with E-state index < -0.39 is 0 Å². The number of nitrogens with zero attached hydrogens (tertiary/aromatic N) is 5. The zero-order valence-corrected chi connectivity index (χ0v) is 17.9. The van der Waals surface area contributed by atoms with Crippen molar-refractivity contribution in [3.8, 4) is 5.82 Å². The van der Waals surface area contributed by atoms with Gasteiger partial charge in [-0.15, -0.1) is 0 Å². The van der Waals surface area contributed by atoms with E-state index in [4.69, 9.17) is 0 Å². The molecule has 8 nitrogen and oxygen atoms in total. The van der Waals surface area contributed by atoms with E-state index in [1.165, 1.54) is 5.56 Å². The SMILES string of the molecule is O=C(Nc1ccc(-n2cnc(C(=O)N3CCN(Cc4ccccc4)CC3)c2)nc1)C1CC1. The molecule has 1 saturated carbocycles. The van der Waals surface area contributed by atoms with Gasteiger partial charge >= 0.3 is 0 Å². The third-order valence-electron chi connectivity index (χ3n) is 5.94. The number of hydrogen-bond donors (Lipinski definition) is 1. The van der Waals surface area contributed by atoms with Gasteiger partial charge in [-0.3, -0.25) is 19.1 Å². The number of aromatic nitrogens is 3. The first-order valence-corrected chi connectivity index (χ1v) is 11.0. The number of imidazole rings is 1. The molecule has 0 unspecified atom stereocenters. The van der Waals surface area contributed by atoms with Crippen molar-refractivity contribution in [3.63, 3.8) is 0 Å². The van der Waals surface area contributed by atoms with Crippen LogP contribution in [-0.2, 0) is 11.3 Å². The number of pyridine rings is 1. The third-order valence-corrected chi connectivity index (χ3v) is 5.94. The van der Waals surface area contributed by atoms with Crippen molar-refractivity contribution < 1.29 is 9.59 Å². The number of carbonyl (C=O) groups excluding carboxylic acids is 2. The van der Waals surface area contributed by atoms with E-state index in [1.54, 1.807) is 29.4 Å². The summed E-state index contributed by atoms with van der Waals surface area (Å²) in [7, 11) is 0. The van der Waals surface area contributed by atoms with E-state index in [0.717, 1.165) is 32.5 Å². The van der Waals surface area contributed by atoms with E-state index >= 15 is 0 Å². The minimum absolute atomic E-state index is 0.0546. The Morgan fingerprint density at radius 2 is 1.75 bits per heavy atom. The molecule has 2 amide bonds. The number of amides is 2. The molecule has 0 bridgehead atoms. The van der Waals surface area contributed by atoms with Crippen molar-refractivity contribution in [1.29, 1.82) is 0 Å². The number of nitrogens with one attached hydrogen (secondary N) is 1. The summed E-state index contributed by atoms with van der Waals surface area (Å²) in [6, 6.07) is 14.0. The van der Waals surface area contributed by atoms with E-state index in [-0.39, 0.29) is 17.7 Å². The van der Waals surface area contributed by atoms with Gasteiger partial charge in [0, 0.05) is 44.8 Å². The fraction of sp³-hybridized carbons (Fsp3) is 0.333. The molecule has 0 atom stereocenters. The van der Waals surface area contributed by atoms with E-state index in [2.05, 4.69) is 44.5 Å². The van der Waals surface area contributed by atoms with E-state index in [9.17, 15) is 9.59 Å². The van der Waals surface area contributed by atoms with Crippen LogP contribution in [0.2, 0.25) is 0 Å². The number of piperazine rings is 1. The van der Waals surface area contributed by atoms with Crippen molar-refractivity contribution in [1.82, 2.24) is 24.3 Å². The number of anilines is 1. The number of hydrogen-bond acceptors (Lipinski definition) is 5. The van der Waals surface area contributed by atoms with Crippen molar-refractivity contribution in [2.45, 2.75) is 19.4 Å². The lowest BCUT2D eigenvalue weighted by atomic mass is 10.2. The first-order valence-electron chi connectivity index (χ1n) is 11.0. The Labute approximate surface area is 186 Å². The minimum Gasteiger partial charge on any atom is -0.335 e. The van der Waals surface area contributed by atoms with Gasteiger partial charge in [-0.05, 0) is 30.5 Å². The molecule has 0 radical (unpaired) electrons. The standard InChI is InChI=1S/C24H26N6O2/c31-23(19-6-7-19)27-20-8-9-22(25-14-20)30-16-21(26-17-30)24(32)29-12-10-28(11-13-29)15-18-4-2-1-3-5-18/h1-5,8-9,14,16-17,19H,6-7,10-13,15H2,(H,27,31). The first kappa shape index (κ1) is 20.4. The van der Waals surface area contributed by atoms with Crippen molar-refractivity contribution >= 4 is 17.5 Å². The molecule has 0 spiro atoms. The van der Waals surface area contributed by atoms with Crippen LogP contribution in [0.3, 0.4) is 0 Å². The van der Waals surface area contributed by atoms with E-state index in [1.807, 2.05) is 17.0 Å². The zero-order chi connectivity index (χ0) is 21.9. The zero-order valence-electron chi connectivity index (χ0n) is 17.9. The Hall–Kier alpha value is -3.52. The lowest BCUT2D eigenvalue weighted by Gasteiger charge is -2.34. The summed E-state index contributed by atoms with van der Waals surface area (Å²) < 4.78 is 1.73. The Morgan fingerprint density at radius 3 is 2.44 bits per heavy atom. The smallest absolute Gasteiger partial charge is 0.274 e. The molecule has 2 aliphatic rings. The monoisotopic (exact) mass is 430 g/mol. The molecule has 3 heterocycles. The lowest BCUT2D eigenvalue weighted by molar-refractivity contribution is -0.117. The van der Waals surface area contributed by atoms with Crippen LogP contribution in [-0.4, -0.2) is 62.3 Å². The van der Waals surface area contributed by atoms with Crippen LogP contribution >= 0.6 is 0 Å². The van der Waals surface area contributed by atoms with Gasteiger partial charge in [-0.2, -0.15) is 0 Å². The molecule has 32 heavy (non-hydrogen) atoms. The van der Waals surface area contributed by atoms with Gasteiger partial charge in [0.2, 0.25) is 5.91 Å². The van der Waals surface area contributed by atoms with Gasteiger partial charge in [-0.1, -0.05) is 30.3 Å². The normalized spacial score (nSPS) is 16.7. The largest absolute Gasteiger partial charge is 0.335 e. The summed E-state index contributed by atoms with van der Waals surface area (Å²) in [5.74, 6) is 0.793. The fourth-order valence-corrected chi connectivity index (χ4v) is 3.87. The topological polar surface area (TPSA) is 83.4 Å². The second-order valence-electron chi connectivity index (χ2n) is 8.39. The third kappa shape index (κ3) is 4.70. The summed E-state index contributed by atoms with van der Waals surface area (Å²) in [4.78, 5) is 37.7. The van der Waals surface area contributed by atoms with Gasteiger partial charge in [0.15, 0.2) is 0 Å².